The first-order chi connectivity index (χ1) is 8.06. The molecule has 0 radical (unpaired) electrons. The van der Waals surface area contributed by atoms with E-state index < -0.39 is 11.6 Å². The van der Waals surface area contributed by atoms with Crippen molar-refractivity contribution < 1.29 is 8.78 Å². The lowest BCUT2D eigenvalue weighted by Gasteiger charge is -2.04. The smallest absolute Gasteiger partial charge is 0.168 e. The third kappa shape index (κ3) is 2.87. The molecule has 1 aromatic heterocycles. The fourth-order valence-corrected chi connectivity index (χ4v) is 2.29. The van der Waals surface area contributed by atoms with Crippen LogP contribution in [0.25, 0.3) is 0 Å². The highest BCUT2D eigenvalue weighted by atomic mass is 35.5. The summed E-state index contributed by atoms with van der Waals surface area (Å²) in [5, 5.41) is 0.552. The average Bonchev–Trinajstić information content (AvgIpc) is 2.26. The molecule has 17 heavy (non-hydrogen) atoms. The maximum Gasteiger partial charge on any atom is 0.168 e. The zero-order valence-electron chi connectivity index (χ0n) is 8.45. The van der Waals surface area contributed by atoms with Gasteiger partial charge in [0, 0.05) is 16.0 Å². The van der Waals surface area contributed by atoms with Crippen LogP contribution in [0, 0.1) is 11.6 Å². The van der Waals surface area contributed by atoms with E-state index in [1.165, 1.54) is 0 Å². The van der Waals surface area contributed by atoms with Gasteiger partial charge in [0.15, 0.2) is 17.5 Å². The van der Waals surface area contributed by atoms with E-state index in [1.54, 1.807) is 24.3 Å². The Labute approximate surface area is 106 Å². The van der Waals surface area contributed by atoms with Gasteiger partial charge in [-0.15, -0.1) is 0 Å². The Hall–Kier alpha value is -1.33. The van der Waals surface area contributed by atoms with Gasteiger partial charge in [0.1, 0.15) is 5.03 Å². The van der Waals surface area contributed by atoms with Crippen LogP contribution in [-0.4, -0.2) is 4.98 Å². The minimum absolute atomic E-state index is 0.0196. The topological polar surface area (TPSA) is 38.9 Å². The Kier molecular flexibility index (Phi) is 3.49. The lowest BCUT2D eigenvalue weighted by atomic mass is 10.4. The third-order valence-corrected chi connectivity index (χ3v) is 3.14. The standard InChI is InChI=1S/C11H7ClF2N2S/c12-6-2-1-3-7(4-6)17-11-9(14)5-8(13)10(15)16-11/h1-5H,(H2,15,16). The summed E-state index contributed by atoms with van der Waals surface area (Å²) in [5.74, 6) is -1.93. The van der Waals surface area contributed by atoms with Crippen molar-refractivity contribution in [2.75, 3.05) is 5.73 Å². The number of pyridine rings is 1. The van der Waals surface area contributed by atoms with E-state index in [9.17, 15) is 8.78 Å². The van der Waals surface area contributed by atoms with Crippen molar-refractivity contribution in [3.05, 3.63) is 47.0 Å². The van der Waals surface area contributed by atoms with Crippen LogP contribution in [0.3, 0.4) is 0 Å². The summed E-state index contributed by atoms with van der Waals surface area (Å²) in [6, 6.07) is 7.56. The summed E-state index contributed by atoms with van der Waals surface area (Å²) in [4.78, 5) is 4.35. The fourth-order valence-electron chi connectivity index (χ4n) is 1.18. The molecule has 0 fully saturated rings. The van der Waals surface area contributed by atoms with E-state index >= 15 is 0 Å². The molecule has 2 rings (SSSR count). The number of nitrogen functional groups attached to an aromatic ring is 1. The van der Waals surface area contributed by atoms with Crippen LogP contribution in [0.15, 0.2) is 40.3 Å². The average molecular weight is 273 g/mol. The van der Waals surface area contributed by atoms with Gasteiger partial charge in [0.2, 0.25) is 0 Å². The number of rotatable bonds is 2. The molecule has 88 valence electrons. The molecule has 0 aliphatic heterocycles. The lowest BCUT2D eigenvalue weighted by Crippen LogP contribution is -1.98. The summed E-state index contributed by atoms with van der Waals surface area (Å²) < 4.78 is 26.3. The number of anilines is 1. The Morgan fingerprint density at radius 3 is 2.65 bits per heavy atom. The Morgan fingerprint density at radius 1 is 1.18 bits per heavy atom. The zero-order valence-corrected chi connectivity index (χ0v) is 10.0. The minimum atomic E-state index is -0.863. The van der Waals surface area contributed by atoms with Gasteiger partial charge in [-0.2, -0.15) is 0 Å². The number of nitrogens with zero attached hydrogens (tertiary/aromatic N) is 1. The second-order valence-corrected chi connectivity index (χ2v) is 4.70. The van der Waals surface area contributed by atoms with Crippen molar-refractivity contribution in [3.8, 4) is 0 Å². The van der Waals surface area contributed by atoms with Crippen LogP contribution in [0.2, 0.25) is 5.02 Å². The summed E-state index contributed by atoms with van der Waals surface area (Å²) in [5.41, 5.74) is 5.28. The molecule has 6 heteroatoms. The first-order valence-electron chi connectivity index (χ1n) is 4.61. The second kappa shape index (κ2) is 4.89. The zero-order chi connectivity index (χ0) is 12.4. The predicted octanol–water partition coefficient (Wildman–Crippen LogP) is 3.75. The number of aromatic nitrogens is 1. The van der Waals surface area contributed by atoms with E-state index in [0.717, 1.165) is 17.8 Å². The lowest BCUT2D eigenvalue weighted by molar-refractivity contribution is 0.552. The van der Waals surface area contributed by atoms with Gasteiger partial charge in [0.25, 0.3) is 0 Å². The highest BCUT2D eigenvalue weighted by Crippen LogP contribution is 2.30. The molecule has 0 bridgehead atoms. The van der Waals surface area contributed by atoms with Crippen LogP contribution < -0.4 is 5.73 Å². The van der Waals surface area contributed by atoms with Gasteiger partial charge in [-0.1, -0.05) is 29.4 Å². The van der Waals surface area contributed by atoms with E-state index in [0.29, 0.717) is 9.92 Å². The normalized spacial score (nSPS) is 10.5. The number of halogens is 3. The van der Waals surface area contributed by atoms with E-state index in [1.807, 2.05) is 0 Å². The van der Waals surface area contributed by atoms with Gasteiger partial charge >= 0.3 is 0 Å². The molecular formula is C11H7ClF2N2S. The molecule has 0 atom stereocenters. The Morgan fingerprint density at radius 2 is 1.94 bits per heavy atom. The SMILES string of the molecule is Nc1nc(Sc2cccc(Cl)c2)c(F)cc1F. The number of nitrogens with two attached hydrogens (primary N) is 1. The Balaban J connectivity index is 2.33. The molecule has 1 aromatic carbocycles. The number of benzene rings is 1. The largest absolute Gasteiger partial charge is 0.381 e. The first-order valence-corrected chi connectivity index (χ1v) is 5.80. The van der Waals surface area contributed by atoms with Gasteiger partial charge in [-0.3, -0.25) is 0 Å². The van der Waals surface area contributed by atoms with Crippen molar-refractivity contribution in [1.82, 2.24) is 4.98 Å². The minimum Gasteiger partial charge on any atom is -0.381 e. The molecule has 0 aliphatic carbocycles. The van der Waals surface area contributed by atoms with Crippen LogP contribution in [0.1, 0.15) is 0 Å². The molecule has 0 aliphatic rings. The fraction of sp³-hybridized carbons (Fsp3) is 0. The summed E-state index contributed by atoms with van der Waals surface area (Å²) in [7, 11) is 0. The molecule has 2 aromatic rings. The maximum absolute atomic E-state index is 13.4. The van der Waals surface area contributed by atoms with Crippen LogP contribution in [-0.2, 0) is 0 Å². The molecule has 0 saturated heterocycles. The third-order valence-electron chi connectivity index (χ3n) is 1.94. The van der Waals surface area contributed by atoms with Gasteiger partial charge in [0.05, 0.1) is 0 Å². The molecule has 1 heterocycles. The van der Waals surface area contributed by atoms with Crippen molar-refractivity contribution >= 4 is 29.2 Å². The van der Waals surface area contributed by atoms with Crippen molar-refractivity contribution in [2.24, 2.45) is 0 Å². The van der Waals surface area contributed by atoms with Gasteiger partial charge in [-0.25, -0.2) is 13.8 Å². The number of hydrogen-bond acceptors (Lipinski definition) is 3. The maximum atomic E-state index is 13.4. The molecular weight excluding hydrogens is 266 g/mol. The predicted molar refractivity (Wildman–Crippen MR) is 64.1 cm³/mol. The highest BCUT2D eigenvalue weighted by Gasteiger charge is 2.11. The van der Waals surface area contributed by atoms with E-state index in [-0.39, 0.29) is 10.8 Å². The highest BCUT2D eigenvalue weighted by molar-refractivity contribution is 7.99. The van der Waals surface area contributed by atoms with Crippen LogP contribution in [0.5, 0.6) is 0 Å². The van der Waals surface area contributed by atoms with Crippen LogP contribution in [0.4, 0.5) is 14.6 Å². The van der Waals surface area contributed by atoms with Gasteiger partial charge in [-0.05, 0) is 18.2 Å². The summed E-state index contributed by atoms with van der Waals surface area (Å²) >= 11 is 6.83. The monoisotopic (exact) mass is 272 g/mol. The summed E-state index contributed by atoms with van der Waals surface area (Å²) in [6.45, 7) is 0. The van der Waals surface area contributed by atoms with Crippen LogP contribution >= 0.6 is 23.4 Å². The molecule has 2 N–H and O–H groups in total. The second-order valence-electron chi connectivity index (χ2n) is 3.20. The van der Waals surface area contributed by atoms with Crippen molar-refractivity contribution in [2.45, 2.75) is 9.92 Å². The summed E-state index contributed by atoms with van der Waals surface area (Å²) in [6.07, 6.45) is 0. The first kappa shape index (κ1) is 12.1. The van der Waals surface area contributed by atoms with Gasteiger partial charge < -0.3 is 5.73 Å². The molecule has 0 saturated carbocycles. The molecule has 2 nitrogen and oxygen atoms in total. The van der Waals surface area contributed by atoms with E-state index in [4.69, 9.17) is 17.3 Å². The van der Waals surface area contributed by atoms with Crippen molar-refractivity contribution in [1.29, 1.82) is 0 Å². The molecule has 0 unspecified atom stereocenters. The van der Waals surface area contributed by atoms with E-state index in [2.05, 4.69) is 4.98 Å². The quantitative estimate of drug-likeness (QED) is 0.905. The molecule has 0 spiro atoms. The Bertz CT molecular complexity index is 563. The molecule has 0 amide bonds. The van der Waals surface area contributed by atoms with Crippen molar-refractivity contribution in [3.63, 3.8) is 0 Å². The number of hydrogen-bond donors (Lipinski definition) is 1.